The first-order chi connectivity index (χ1) is 9.23. The average molecular weight is 261 g/mol. The highest BCUT2D eigenvalue weighted by Crippen LogP contribution is 2.40. The Labute approximate surface area is 115 Å². The molecule has 2 aliphatic heterocycles. The maximum absolute atomic E-state index is 6.02. The van der Waals surface area contributed by atoms with Crippen LogP contribution in [0.3, 0.4) is 0 Å². The summed E-state index contributed by atoms with van der Waals surface area (Å²) < 4.78 is 11.3. The number of benzene rings is 1. The predicted octanol–water partition coefficient (Wildman–Crippen LogP) is 2.23. The second-order valence-electron chi connectivity index (χ2n) is 5.93. The molecule has 1 spiro atoms. The first-order valence-electron chi connectivity index (χ1n) is 7.13. The van der Waals surface area contributed by atoms with Crippen molar-refractivity contribution in [1.82, 2.24) is 4.90 Å². The molecule has 0 saturated carbocycles. The molecular weight excluding hydrogens is 238 g/mol. The maximum atomic E-state index is 6.02. The van der Waals surface area contributed by atoms with Gasteiger partial charge in [-0.15, -0.1) is 0 Å². The lowest BCUT2D eigenvalue weighted by molar-refractivity contribution is -0.143. The molecule has 2 saturated heterocycles. The van der Waals surface area contributed by atoms with Gasteiger partial charge in [0.1, 0.15) is 0 Å². The van der Waals surface area contributed by atoms with Crippen LogP contribution in [0, 0.1) is 12.8 Å². The molecule has 3 heteroatoms. The van der Waals surface area contributed by atoms with Crippen molar-refractivity contribution in [3.05, 3.63) is 35.4 Å². The van der Waals surface area contributed by atoms with Crippen LogP contribution in [0.25, 0.3) is 0 Å². The molecular formula is C16H23NO2. The highest BCUT2D eigenvalue weighted by molar-refractivity contribution is 5.26. The fourth-order valence-corrected chi connectivity index (χ4v) is 3.42. The summed E-state index contributed by atoms with van der Waals surface area (Å²) >= 11 is 0. The number of hydrogen-bond donors (Lipinski definition) is 0. The Balaban J connectivity index is 1.59. The van der Waals surface area contributed by atoms with E-state index in [1.165, 1.54) is 11.1 Å². The normalized spacial score (nSPS) is 25.7. The van der Waals surface area contributed by atoms with Crippen LogP contribution in [0.4, 0.5) is 0 Å². The SMILES string of the molecule is COCC1CCOC12CN(Cc1ccccc1C)C2. The van der Waals surface area contributed by atoms with E-state index in [-0.39, 0.29) is 5.60 Å². The number of likely N-dealkylation sites (tertiary alicyclic amines) is 1. The molecule has 104 valence electrons. The van der Waals surface area contributed by atoms with Crippen LogP contribution >= 0.6 is 0 Å². The first kappa shape index (κ1) is 13.1. The van der Waals surface area contributed by atoms with E-state index in [9.17, 15) is 0 Å². The van der Waals surface area contributed by atoms with E-state index in [2.05, 4.69) is 36.1 Å². The second kappa shape index (κ2) is 5.23. The van der Waals surface area contributed by atoms with Gasteiger partial charge in [0.05, 0.1) is 12.2 Å². The van der Waals surface area contributed by atoms with Crippen molar-refractivity contribution in [3.63, 3.8) is 0 Å². The quantitative estimate of drug-likeness (QED) is 0.829. The van der Waals surface area contributed by atoms with E-state index >= 15 is 0 Å². The Morgan fingerprint density at radius 2 is 2.16 bits per heavy atom. The highest BCUT2D eigenvalue weighted by Gasteiger charge is 2.52. The van der Waals surface area contributed by atoms with Crippen LogP contribution in [0.15, 0.2) is 24.3 Å². The zero-order valence-electron chi connectivity index (χ0n) is 11.9. The first-order valence-corrected chi connectivity index (χ1v) is 7.13. The van der Waals surface area contributed by atoms with E-state index in [4.69, 9.17) is 9.47 Å². The Kier molecular flexibility index (Phi) is 3.61. The van der Waals surface area contributed by atoms with Gasteiger partial charge in [0.15, 0.2) is 0 Å². The minimum absolute atomic E-state index is 0.0820. The van der Waals surface area contributed by atoms with Crippen LogP contribution in [-0.4, -0.2) is 43.9 Å². The molecule has 1 unspecified atom stereocenters. The Morgan fingerprint density at radius 1 is 1.37 bits per heavy atom. The van der Waals surface area contributed by atoms with Crippen LogP contribution in [-0.2, 0) is 16.0 Å². The van der Waals surface area contributed by atoms with Gasteiger partial charge >= 0.3 is 0 Å². The second-order valence-corrected chi connectivity index (χ2v) is 5.93. The molecule has 0 aromatic heterocycles. The number of aryl methyl sites for hydroxylation is 1. The maximum Gasteiger partial charge on any atom is 0.0985 e. The standard InChI is InChI=1S/C16H23NO2/c1-13-5-3-4-6-14(13)9-17-11-16(12-17)15(10-18-2)7-8-19-16/h3-6,15H,7-12H2,1-2H3. The lowest BCUT2D eigenvalue weighted by atomic mass is 9.81. The fourth-order valence-electron chi connectivity index (χ4n) is 3.42. The van der Waals surface area contributed by atoms with E-state index in [0.717, 1.165) is 39.3 Å². The molecule has 3 rings (SSSR count). The summed E-state index contributed by atoms with van der Waals surface area (Å²) in [6.45, 7) is 7.05. The fraction of sp³-hybridized carbons (Fsp3) is 0.625. The smallest absolute Gasteiger partial charge is 0.0985 e. The van der Waals surface area contributed by atoms with Gasteiger partial charge in [-0.2, -0.15) is 0 Å². The van der Waals surface area contributed by atoms with Gasteiger partial charge in [0.25, 0.3) is 0 Å². The van der Waals surface area contributed by atoms with Crippen LogP contribution < -0.4 is 0 Å². The van der Waals surface area contributed by atoms with Gasteiger partial charge < -0.3 is 9.47 Å². The van der Waals surface area contributed by atoms with Crippen molar-refractivity contribution < 1.29 is 9.47 Å². The van der Waals surface area contributed by atoms with Crippen LogP contribution in [0.5, 0.6) is 0 Å². The Morgan fingerprint density at radius 3 is 2.89 bits per heavy atom. The third-order valence-corrected chi connectivity index (χ3v) is 4.61. The number of methoxy groups -OCH3 is 1. The van der Waals surface area contributed by atoms with Gasteiger partial charge in [0, 0.05) is 39.3 Å². The highest BCUT2D eigenvalue weighted by atomic mass is 16.5. The number of rotatable bonds is 4. The van der Waals surface area contributed by atoms with Gasteiger partial charge in [-0.1, -0.05) is 24.3 Å². The molecule has 0 aliphatic carbocycles. The third-order valence-electron chi connectivity index (χ3n) is 4.61. The summed E-state index contributed by atoms with van der Waals surface area (Å²) in [7, 11) is 1.79. The summed E-state index contributed by atoms with van der Waals surface area (Å²) in [6.07, 6.45) is 1.14. The summed E-state index contributed by atoms with van der Waals surface area (Å²) in [6, 6.07) is 8.63. The average Bonchev–Trinajstić information content (AvgIpc) is 2.76. The molecule has 2 fully saturated rings. The monoisotopic (exact) mass is 261 g/mol. The van der Waals surface area contributed by atoms with E-state index in [1.54, 1.807) is 7.11 Å². The summed E-state index contributed by atoms with van der Waals surface area (Å²) in [5.41, 5.74) is 2.89. The third kappa shape index (κ3) is 2.42. The van der Waals surface area contributed by atoms with Crippen LogP contribution in [0.2, 0.25) is 0 Å². The van der Waals surface area contributed by atoms with Gasteiger partial charge in [-0.3, -0.25) is 4.90 Å². The topological polar surface area (TPSA) is 21.7 Å². The molecule has 0 radical (unpaired) electrons. The molecule has 3 nitrogen and oxygen atoms in total. The lowest BCUT2D eigenvalue weighted by Crippen LogP contribution is -2.64. The Hall–Kier alpha value is -0.900. The van der Waals surface area contributed by atoms with Crippen molar-refractivity contribution in [2.75, 3.05) is 33.4 Å². The molecule has 2 heterocycles. The van der Waals surface area contributed by atoms with E-state index < -0.39 is 0 Å². The van der Waals surface area contributed by atoms with Crippen molar-refractivity contribution in [3.8, 4) is 0 Å². The van der Waals surface area contributed by atoms with Crippen molar-refractivity contribution in [1.29, 1.82) is 0 Å². The molecule has 0 amide bonds. The molecule has 1 aromatic carbocycles. The predicted molar refractivity (Wildman–Crippen MR) is 75.1 cm³/mol. The molecule has 1 aromatic rings. The molecule has 0 bridgehead atoms. The van der Waals surface area contributed by atoms with E-state index in [1.807, 2.05) is 0 Å². The van der Waals surface area contributed by atoms with Crippen molar-refractivity contribution in [2.24, 2.45) is 5.92 Å². The lowest BCUT2D eigenvalue weighted by Gasteiger charge is -2.50. The summed E-state index contributed by atoms with van der Waals surface area (Å²) in [5.74, 6) is 0.575. The minimum atomic E-state index is 0.0820. The number of hydrogen-bond acceptors (Lipinski definition) is 3. The summed E-state index contributed by atoms with van der Waals surface area (Å²) in [5, 5.41) is 0. The molecule has 19 heavy (non-hydrogen) atoms. The van der Waals surface area contributed by atoms with Gasteiger partial charge in [-0.05, 0) is 24.5 Å². The number of nitrogens with zero attached hydrogens (tertiary/aromatic N) is 1. The zero-order chi connectivity index (χ0) is 13.3. The van der Waals surface area contributed by atoms with E-state index in [0.29, 0.717) is 5.92 Å². The Bertz CT molecular complexity index is 440. The minimum Gasteiger partial charge on any atom is -0.384 e. The van der Waals surface area contributed by atoms with Crippen molar-refractivity contribution in [2.45, 2.75) is 25.5 Å². The van der Waals surface area contributed by atoms with Crippen LogP contribution in [0.1, 0.15) is 17.5 Å². The van der Waals surface area contributed by atoms with Gasteiger partial charge in [-0.25, -0.2) is 0 Å². The number of ether oxygens (including phenoxy) is 2. The largest absolute Gasteiger partial charge is 0.384 e. The molecule has 1 atom stereocenters. The van der Waals surface area contributed by atoms with Gasteiger partial charge in [0.2, 0.25) is 0 Å². The molecule has 2 aliphatic rings. The zero-order valence-corrected chi connectivity index (χ0v) is 11.9. The summed E-state index contributed by atoms with van der Waals surface area (Å²) in [4.78, 5) is 2.48. The van der Waals surface area contributed by atoms with Crippen molar-refractivity contribution >= 4 is 0 Å². The molecule has 0 N–H and O–H groups in total.